The van der Waals surface area contributed by atoms with Gasteiger partial charge in [-0.2, -0.15) is 0 Å². The molecule has 0 heterocycles. The first kappa shape index (κ1) is 32.7. The van der Waals surface area contributed by atoms with Gasteiger partial charge in [0.15, 0.2) is 0 Å². The third kappa shape index (κ3) is 18.1. The van der Waals surface area contributed by atoms with E-state index in [1.54, 1.807) is 0 Å². The van der Waals surface area contributed by atoms with E-state index in [2.05, 4.69) is 83.1 Å². The molecule has 0 rings (SSSR count). The first-order valence-electron chi connectivity index (χ1n) is 13.0. The molecule has 174 valence electrons. The maximum Gasteiger partial charge on any atom is -0.0386 e. The molecule has 0 aromatic carbocycles. The Labute approximate surface area is 183 Å². The van der Waals surface area contributed by atoms with Gasteiger partial charge in [0.2, 0.25) is 0 Å². The van der Waals surface area contributed by atoms with E-state index in [1.807, 2.05) is 13.8 Å². The van der Waals surface area contributed by atoms with Gasteiger partial charge in [0.05, 0.1) is 0 Å². The van der Waals surface area contributed by atoms with Crippen molar-refractivity contribution in [3.8, 4) is 0 Å². The fraction of sp³-hybridized carbons (Fsp3) is 1.00. The predicted molar refractivity (Wildman–Crippen MR) is 135 cm³/mol. The zero-order valence-corrected chi connectivity index (χ0v) is 22.9. The van der Waals surface area contributed by atoms with Crippen molar-refractivity contribution in [2.75, 3.05) is 0 Å². The lowest BCUT2D eigenvalue weighted by Crippen LogP contribution is -2.24. The fourth-order valence-corrected chi connectivity index (χ4v) is 4.24. The van der Waals surface area contributed by atoms with Crippen molar-refractivity contribution < 1.29 is 0 Å². The van der Waals surface area contributed by atoms with Gasteiger partial charge in [-0.15, -0.1) is 0 Å². The Morgan fingerprint density at radius 3 is 1.36 bits per heavy atom. The Balaban J connectivity index is -0.000000916. The highest BCUT2D eigenvalue weighted by atomic mass is 14.3. The number of rotatable bonds is 12. The average Bonchev–Trinajstić information content (AvgIpc) is 2.61. The van der Waals surface area contributed by atoms with Gasteiger partial charge in [0, 0.05) is 0 Å². The summed E-state index contributed by atoms with van der Waals surface area (Å²) in [4.78, 5) is 0. The normalized spacial score (nSPS) is 17.6. The van der Waals surface area contributed by atoms with Gasteiger partial charge < -0.3 is 0 Å². The van der Waals surface area contributed by atoms with E-state index in [1.165, 1.54) is 38.5 Å². The Morgan fingerprint density at radius 1 is 0.536 bits per heavy atom. The topological polar surface area (TPSA) is 0 Å². The van der Waals surface area contributed by atoms with Crippen LogP contribution in [0, 0.1) is 47.3 Å². The summed E-state index contributed by atoms with van der Waals surface area (Å²) in [5, 5.41) is 0. The van der Waals surface area contributed by atoms with E-state index in [0.29, 0.717) is 0 Å². The summed E-state index contributed by atoms with van der Waals surface area (Å²) in [7, 11) is 0. The summed E-state index contributed by atoms with van der Waals surface area (Å²) in [5.41, 5.74) is 0. The standard InChI is InChI=1S/C22H46.C4H10.C2H6/c1-10-12-18(6)20(8)21(9)22(11-2)14-13-17(5)19(7)15-16(3)4;1-4(2)3;1-2/h16-22H,10-15H2,1-9H3;4H,1-3H3;1-2H3. The molecular weight excluding hydrogens is 336 g/mol. The van der Waals surface area contributed by atoms with E-state index in [-0.39, 0.29) is 0 Å². The maximum absolute atomic E-state index is 2.52. The van der Waals surface area contributed by atoms with Crippen molar-refractivity contribution in [3.63, 3.8) is 0 Å². The Hall–Kier alpha value is 0. The third-order valence-corrected chi connectivity index (χ3v) is 6.55. The first-order chi connectivity index (χ1) is 13.0. The minimum atomic E-state index is 0.833. The molecule has 0 aliphatic heterocycles. The van der Waals surface area contributed by atoms with E-state index in [0.717, 1.165) is 47.3 Å². The van der Waals surface area contributed by atoms with Crippen LogP contribution in [0.1, 0.15) is 135 Å². The van der Waals surface area contributed by atoms with Crippen LogP contribution in [0.25, 0.3) is 0 Å². The molecule has 28 heavy (non-hydrogen) atoms. The summed E-state index contributed by atoms with van der Waals surface area (Å²) >= 11 is 0. The predicted octanol–water partition coefficient (Wildman–Crippen LogP) is 10.5. The summed E-state index contributed by atoms with van der Waals surface area (Å²) < 4.78 is 0. The molecule has 0 bridgehead atoms. The fourth-order valence-electron chi connectivity index (χ4n) is 4.24. The van der Waals surface area contributed by atoms with Gasteiger partial charge in [-0.25, -0.2) is 0 Å². The van der Waals surface area contributed by atoms with Crippen LogP contribution in [0.4, 0.5) is 0 Å². The smallest absolute Gasteiger partial charge is 0.0386 e. The van der Waals surface area contributed by atoms with Gasteiger partial charge in [0.1, 0.15) is 0 Å². The van der Waals surface area contributed by atoms with Crippen molar-refractivity contribution >= 4 is 0 Å². The van der Waals surface area contributed by atoms with E-state index < -0.39 is 0 Å². The molecule has 6 unspecified atom stereocenters. The van der Waals surface area contributed by atoms with Gasteiger partial charge in [-0.3, -0.25) is 0 Å². The molecule has 0 aliphatic carbocycles. The molecule has 0 nitrogen and oxygen atoms in total. The van der Waals surface area contributed by atoms with Crippen LogP contribution >= 0.6 is 0 Å². The second-order valence-electron chi connectivity index (χ2n) is 10.5. The average molecular weight is 399 g/mol. The molecule has 0 fully saturated rings. The molecule has 0 aromatic heterocycles. The lowest BCUT2D eigenvalue weighted by Gasteiger charge is -2.33. The summed E-state index contributed by atoms with van der Waals surface area (Å²) in [6, 6.07) is 0. The van der Waals surface area contributed by atoms with Crippen LogP contribution in [0.2, 0.25) is 0 Å². The highest BCUT2D eigenvalue weighted by Gasteiger charge is 2.26. The minimum Gasteiger partial charge on any atom is -0.0683 e. The second kappa shape index (κ2) is 20.3. The van der Waals surface area contributed by atoms with E-state index in [9.17, 15) is 0 Å². The Morgan fingerprint density at radius 2 is 1.00 bits per heavy atom. The van der Waals surface area contributed by atoms with Crippen LogP contribution in [0.3, 0.4) is 0 Å². The second-order valence-corrected chi connectivity index (χ2v) is 10.5. The quantitative estimate of drug-likeness (QED) is 0.306. The lowest BCUT2D eigenvalue weighted by molar-refractivity contribution is 0.168. The highest BCUT2D eigenvalue weighted by molar-refractivity contribution is 4.76. The van der Waals surface area contributed by atoms with Crippen LogP contribution in [-0.2, 0) is 0 Å². The van der Waals surface area contributed by atoms with Crippen LogP contribution in [0.15, 0.2) is 0 Å². The first-order valence-corrected chi connectivity index (χ1v) is 13.0. The zero-order valence-electron chi connectivity index (χ0n) is 22.9. The molecule has 0 radical (unpaired) electrons. The van der Waals surface area contributed by atoms with Crippen molar-refractivity contribution in [2.45, 2.75) is 135 Å². The molecular formula is C28H62. The monoisotopic (exact) mass is 398 g/mol. The maximum atomic E-state index is 2.52. The zero-order chi connectivity index (χ0) is 22.9. The van der Waals surface area contributed by atoms with Gasteiger partial charge in [-0.05, 0) is 60.2 Å². The summed E-state index contributed by atoms with van der Waals surface area (Å²) in [5.74, 6) is 6.98. The van der Waals surface area contributed by atoms with Gasteiger partial charge >= 0.3 is 0 Å². The van der Waals surface area contributed by atoms with Crippen LogP contribution in [0.5, 0.6) is 0 Å². The lowest BCUT2D eigenvalue weighted by atomic mass is 9.72. The van der Waals surface area contributed by atoms with Gasteiger partial charge in [-0.1, -0.05) is 123 Å². The van der Waals surface area contributed by atoms with E-state index in [4.69, 9.17) is 0 Å². The summed E-state index contributed by atoms with van der Waals surface area (Å²) in [6.07, 6.45) is 8.33. The Bertz CT molecular complexity index is 288. The highest BCUT2D eigenvalue weighted by Crippen LogP contribution is 2.35. The molecule has 0 heteroatoms. The van der Waals surface area contributed by atoms with E-state index >= 15 is 0 Å². The molecule has 0 spiro atoms. The van der Waals surface area contributed by atoms with Crippen molar-refractivity contribution in [1.29, 1.82) is 0 Å². The molecule has 6 atom stereocenters. The largest absolute Gasteiger partial charge is 0.0683 e. The molecule has 0 saturated carbocycles. The van der Waals surface area contributed by atoms with Crippen LogP contribution < -0.4 is 0 Å². The molecule has 0 amide bonds. The molecule has 0 saturated heterocycles. The van der Waals surface area contributed by atoms with Crippen molar-refractivity contribution in [2.24, 2.45) is 47.3 Å². The minimum absolute atomic E-state index is 0.833. The van der Waals surface area contributed by atoms with Crippen molar-refractivity contribution in [1.82, 2.24) is 0 Å². The molecule has 0 aromatic rings. The Kier molecular flexibility index (Phi) is 23.7. The molecule has 0 N–H and O–H groups in total. The number of hydrogen-bond donors (Lipinski definition) is 0. The number of hydrogen-bond acceptors (Lipinski definition) is 0. The summed E-state index contributed by atoms with van der Waals surface area (Å²) in [6.45, 7) is 32.4. The molecule has 0 aliphatic rings. The SMILES string of the molecule is CC.CC(C)C.CCCC(C)C(C)C(C)C(CC)CCC(C)C(C)CC(C)C. The van der Waals surface area contributed by atoms with Gasteiger partial charge in [0.25, 0.3) is 0 Å². The van der Waals surface area contributed by atoms with Crippen LogP contribution in [-0.4, -0.2) is 0 Å². The van der Waals surface area contributed by atoms with Crippen molar-refractivity contribution in [3.05, 3.63) is 0 Å². The third-order valence-electron chi connectivity index (χ3n) is 6.55.